The molecule has 0 unspecified atom stereocenters. The first-order valence-corrected chi connectivity index (χ1v) is 8.12. The van der Waals surface area contributed by atoms with Crippen molar-refractivity contribution in [2.24, 2.45) is 5.10 Å². The highest BCUT2D eigenvalue weighted by Gasteiger charge is 2.04. The second-order valence-electron chi connectivity index (χ2n) is 4.85. The minimum absolute atomic E-state index is 0.161. The highest BCUT2D eigenvalue weighted by molar-refractivity contribution is 14.1. The highest BCUT2D eigenvalue weighted by Crippen LogP contribution is 2.20. The third kappa shape index (κ3) is 5.05. The number of nitrogens with zero attached hydrogens (tertiary/aromatic N) is 1. The summed E-state index contributed by atoms with van der Waals surface area (Å²) in [5, 5.41) is 6.59. The van der Waals surface area contributed by atoms with Crippen molar-refractivity contribution in [1.82, 2.24) is 5.43 Å². The largest absolute Gasteiger partial charge is 0.496 e. The maximum Gasteiger partial charge on any atom is 0.271 e. The molecule has 2 N–H and O–H groups in total. The lowest BCUT2D eigenvalue weighted by Crippen LogP contribution is -2.17. The van der Waals surface area contributed by atoms with Crippen molar-refractivity contribution in [3.63, 3.8) is 0 Å². The smallest absolute Gasteiger partial charge is 0.271 e. The number of anilines is 1. The fourth-order valence-electron chi connectivity index (χ4n) is 1.90. The summed E-state index contributed by atoms with van der Waals surface area (Å²) in [4.78, 5) is 23.0. The number of hydrazone groups is 1. The van der Waals surface area contributed by atoms with Gasteiger partial charge in [0.2, 0.25) is 5.91 Å². The molecule has 2 aromatic rings. The molecule has 0 saturated heterocycles. The van der Waals surface area contributed by atoms with Gasteiger partial charge < -0.3 is 10.1 Å². The minimum atomic E-state index is -0.330. The first-order valence-electron chi connectivity index (χ1n) is 7.04. The molecule has 2 amide bonds. The van der Waals surface area contributed by atoms with E-state index in [1.165, 1.54) is 6.92 Å². The van der Waals surface area contributed by atoms with Crippen LogP contribution < -0.4 is 15.5 Å². The molecular formula is C17H16IN3O3. The number of rotatable bonds is 5. The maximum atomic E-state index is 12.0. The van der Waals surface area contributed by atoms with Crippen LogP contribution in [0.3, 0.4) is 0 Å². The van der Waals surface area contributed by atoms with Gasteiger partial charge in [-0.3, -0.25) is 9.59 Å². The quantitative estimate of drug-likeness (QED) is 0.429. The van der Waals surface area contributed by atoms with Crippen LogP contribution in [0.25, 0.3) is 0 Å². The lowest BCUT2D eigenvalue weighted by Gasteiger charge is -2.04. The van der Waals surface area contributed by atoms with E-state index in [0.717, 1.165) is 14.9 Å². The Bertz CT molecular complexity index is 773. The zero-order chi connectivity index (χ0) is 17.5. The molecule has 2 rings (SSSR count). The van der Waals surface area contributed by atoms with Gasteiger partial charge in [0.15, 0.2) is 0 Å². The molecule has 6 nitrogen and oxygen atoms in total. The molecule has 0 aliphatic carbocycles. The number of methoxy groups -OCH3 is 1. The summed E-state index contributed by atoms with van der Waals surface area (Å²) in [7, 11) is 1.61. The number of hydrogen-bond acceptors (Lipinski definition) is 4. The topological polar surface area (TPSA) is 79.8 Å². The van der Waals surface area contributed by atoms with Crippen LogP contribution in [0.4, 0.5) is 5.69 Å². The van der Waals surface area contributed by atoms with E-state index >= 15 is 0 Å². The van der Waals surface area contributed by atoms with E-state index in [9.17, 15) is 9.59 Å². The molecule has 0 atom stereocenters. The first kappa shape index (κ1) is 17.9. The number of amides is 2. The number of halogens is 1. The van der Waals surface area contributed by atoms with E-state index in [2.05, 4.69) is 38.4 Å². The van der Waals surface area contributed by atoms with Crippen molar-refractivity contribution in [2.45, 2.75) is 6.92 Å². The third-order valence-corrected chi connectivity index (χ3v) is 3.87. The summed E-state index contributed by atoms with van der Waals surface area (Å²) in [5.41, 5.74) is 4.40. The third-order valence-electron chi connectivity index (χ3n) is 3.02. The lowest BCUT2D eigenvalue weighted by molar-refractivity contribution is -0.114. The molecule has 24 heavy (non-hydrogen) atoms. The summed E-state index contributed by atoms with van der Waals surface area (Å²) >= 11 is 2.17. The predicted octanol–water partition coefficient (Wildman–Crippen LogP) is 3.02. The molecule has 124 valence electrons. The number of benzene rings is 2. The van der Waals surface area contributed by atoms with Crippen LogP contribution in [0.1, 0.15) is 22.8 Å². The lowest BCUT2D eigenvalue weighted by atomic mass is 10.2. The van der Waals surface area contributed by atoms with Gasteiger partial charge >= 0.3 is 0 Å². The van der Waals surface area contributed by atoms with E-state index in [-0.39, 0.29) is 11.8 Å². The van der Waals surface area contributed by atoms with Crippen molar-refractivity contribution in [2.75, 3.05) is 12.4 Å². The molecule has 2 aromatic carbocycles. The highest BCUT2D eigenvalue weighted by atomic mass is 127. The standard InChI is InChI=1S/C17H16IN3O3/c1-11(22)20-14-6-4-13(5-7-14)17(23)21-19-10-12-3-8-16(24-2)15(18)9-12/h3-10H,1-2H3,(H,20,22)(H,21,23)/b19-10-. The molecule has 0 aromatic heterocycles. The monoisotopic (exact) mass is 437 g/mol. The van der Waals surface area contributed by atoms with Crippen LogP contribution >= 0.6 is 22.6 Å². The first-order chi connectivity index (χ1) is 11.5. The van der Waals surface area contributed by atoms with Gasteiger partial charge in [0.1, 0.15) is 5.75 Å². The number of nitrogens with one attached hydrogen (secondary N) is 2. The van der Waals surface area contributed by atoms with E-state index in [0.29, 0.717) is 11.3 Å². The average Bonchev–Trinajstić information content (AvgIpc) is 2.55. The van der Waals surface area contributed by atoms with Crippen LogP contribution in [0, 0.1) is 3.57 Å². The number of hydrogen-bond donors (Lipinski definition) is 2. The van der Waals surface area contributed by atoms with Gasteiger partial charge in [0, 0.05) is 18.2 Å². The van der Waals surface area contributed by atoms with Crippen LogP contribution in [0.15, 0.2) is 47.6 Å². The van der Waals surface area contributed by atoms with E-state index in [1.54, 1.807) is 37.6 Å². The molecule has 7 heteroatoms. The van der Waals surface area contributed by atoms with Crippen LogP contribution in [0.5, 0.6) is 5.75 Å². The Morgan fingerprint density at radius 3 is 2.46 bits per heavy atom. The van der Waals surface area contributed by atoms with E-state index < -0.39 is 0 Å². The zero-order valence-corrected chi connectivity index (χ0v) is 15.3. The van der Waals surface area contributed by atoms with Gasteiger partial charge in [-0.2, -0.15) is 5.10 Å². The summed E-state index contributed by atoms with van der Waals surface area (Å²) in [5.74, 6) is 0.297. The molecule has 0 spiro atoms. The van der Waals surface area contributed by atoms with Crippen molar-refractivity contribution < 1.29 is 14.3 Å². The molecule has 0 fully saturated rings. The second kappa shape index (κ2) is 8.44. The number of carbonyl (C=O) groups is 2. The van der Waals surface area contributed by atoms with Gasteiger partial charge in [-0.1, -0.05) is 0 Å². The van der Waals surface area contributed by atoms with Crippen molar-refractivity contribution in [3.05, 3.63) is 57.2 Å². The molecule has 0 aliphatic heterocycles. The summed E-state index contributed by atoms with van der Waals surface area (Å²) < 4.78 is 6.14. The number of carbonyl (C=O) groups excluding carboxylic acids is 2. The molecular weight excluding hydrogens is 421 g/mol. The zero-order valence-electron chi connectivity index (χ0n) is 13.2. The Kier molecular flexibility index (Phi) is 6.30. The van der Waals surface area contributed by atoms with E-state index in [4.69, 9.17) is 4.74 Å². The average molecular weight is 437 g/mol. The molecule has 0 heterocycles. The predicted molar refractivity (Wildman–Crippen MR) is 102 cm³/mol. The normalized spacial score (nSPS) is 10.5. The fraction of sp³-hybridized carbons (Fsp3) is 0.118. The maximum absolute atomic E-state index is 12.0. The Labute approximate surface area is 153 Å². The van der Waals surface area contributed by atoms with Gasteiger partial charge in [0.25, 0.3) is 5.91 Å². The van der Waals surface area contributed by atoms with Crippen molar-refractivity contribution in [1.29, 1.82) is 0 Å². The molecule has 0 aliphatic rings. The van der Waals surface area contributed by atoms with Gasteiger partial charge in [-0.15, -0.1) is 0 Å². The summed E-state index contributed by atoms with van der Waals surface area (Å²) in [6.07, 6.45) is 1.56. The Balaban J connectivity index is 1.97. The molecule has 0 radical (unpaired) electrons. The SMILES string of the molecule is COc1ccc(/C=N\NC(=O)c2ccc(NC(C)=O)cc2)cc1I. The number of ether oxygens (including phenoxy) is 1. The molecule has 0 bridgehead atoms. The van der Waals surface area contributed by atoms with Crippen molar-refractivity contribution >= 4 is 46.3 Å². The summed E-state index contributed by atoms with van der Waals surface area (Å²) in [6.45, 7) is 1.43. The van der Waals surface area contributed by atoms with Crippen molar-refractivity contribution in [3.8, 4) is 5.75 Å². The van der Waals surface area contributed by atoms with Crippen LogP contribution in [-0.4, -0.2) is 25.1 Å². The summed E-state index contributed by atoms with van der Waals surface area (Å²) in [6, 6.07) is 12.1. The van der Waals surface area contributed by atoms with Crippen LogP contribution in [0.2, 0.25) is 0 Å². The second-order valence-corrected chi connectivity index (χ2v) is 6.01. The van der Waals surface area contributed by atoms with Gasteiger partial charge in [-0.05, 0) is 70.6 Å². The fourth-order valence-corrected chi connectivity index (χ4v) is 2.66. The Morgan fingerprint density at radius 2 is 1.88 bits per heavy atom. The molecule has 0 saturated carbocycles. The van der Waals surface area contributed by atoms with E-state index in [1.807, 2.05) is 18.2 Å². The van der Waals surface area contributed by atoms with Crippen LogP contribution in [-0.2, 0) is 4.79 Å². The Hall–Kier alpha value is -2.42. The van der Waals surface area contributed by atoms with Gasteiger partial charge in [-0.25, -0.2) is 5.43 Å². The van der Waals surface area contributed by atoms with Gasteiger partial charge in [0.05, 0.1) is 16.9 Å². The Morgan fingerprint density at radius 1 is 1.17 bits per heavy atom. The minimum Gasteiger partial charge on any atom is -0.496 e.